The van der Waals surface area contributed by atoms with Gasteiger partial charge < -0.3 is 15.4 Å². The van der Waals surface area contributed by atoms with E-state index in [1.165, 1.54) is 7.11 Å². The van der Waals surface area contributed by atoms with E-state index in [2.05, 4.69) is 10.6 Å². The Kier molecular flexibility index (Phi) is 6.96. The van der Waals surface area contributed by atoms with Crippen LogP contribution in [0.15, 0.2) is 36.4 Å². The number of hydrogen-bond donors (Lipinski definition) is 2. The maximum atomic E-state index is 12.1. The van der Waals surface area contributed by atoms with Gasteiger partial charge in [0.25, 0.3) is 5.91 Å². The molecule has 0 bridgehead atoms. The van der Waals surface area contributed by atoms with Gasteiger partial charge in [0.2, 0.25) is 5.91 Å². The minimum absolute atomic E-state index is 0.0970. The standard InChI is InChI=1S/C20H21ClN2O4/c1-12-10-16(11-17(13(12)2)20(26)27-3)23-18(24)8-9-22-19(25)14-4-6-15(21)7-5-14/h4-7,10-11H,8-9H2,1-3H3,(H,22,25)(H,23,24). The fraction of sp³-hybridized carbons (Fsp3) is 0.250. The number of halogens is 1. The highest BCUT2D eigenvalue weighted by Crippen LogP contribution is 2.21. The van der Waals surface area contributed by atoms with Crippen molar-refractivity contribution in [3.8, 4) is 0 Å². The Hall–Kier alpha value is -2.86. The summed E-state index contributed by atoms with van der Waals surface area (Å²) < 4.78 is 4.77. The Balaban J connectivity index is 1.92. The van der Waals surface area contributed by atoms with Crippen molar-refractivity contribution in [3.63, 3.8) is 0 Å². The third kappa shape index (κ3) is 5.56. The summed E-state index contributed by atoms with van der Waals surface area (Å²) in [6, 6.07) is 9.84. The van der Waals surface area contributed by atoms with Gasteiger partial charge in [0.1, 0.15) is 0 Å². The molecule has 0 fully saturated rings. The summed E-state index contributed by atoms with van der Waals surface area (Å²) >= 11 is 5.79. The maximum Gasteiger partial charge on any atom is 0.338 e. The molecule has 2 aromatic carbocycles. The minimum Gasteiger partial charge on any atom is -0.465 e. The van der Waals surface area contributed by atoms with Gasteiger partial charge in [0.05, 0.1) is 12.7 Å². The van der Waals surface area contributed by atoms with Crippen molar-refractivity contribution in [1.29, 1.82) is 0 Å². The van der Waals surface area contributed by atoms with Gasteiger partial charge in [-0.05, 0) is 61.4 Å². The summed E-state index contributed by atoms with van der Waals surface area (Å²) in [5.41, 5.74) is 3.05. The zero-order chi connectivity index (χ0) is 20.0. The lowest BCUT2D eigenvalue weighted by Crippen LogP contribution is -2.27. The zero-order valence-corrected chi connectivity index (χ0v) is 16.1. The number of hydrogen-bond acceptors (Lipinski definition) is 4. The Morgan fingerprint density at radius 3 is 2.37 bits per heavy atom. The number of rotatable bonds is 6. The van der Waals surface area contributed by atoms with Gasteiger partial charge in [0.15, 0.2) is 0 Å². The van der Waals surface area contributed by atoms with Gasteiger partial charge >= 0.3 is 5.97 Å². The predicted molar refractivity (Wildman–Crippen MR) is 104 cm³/mol. The van der Waals surface area contributed by atoms with Gasteiger partial charge in [-0.25, -0.2) is 4.79 Å². The number of methoxy groups -OCH3 is 1. The molecular weight excluding hydrogens is 368 g/mol. The van der Waals surface area contributed by atoms with Gasteiger partial charge in [-0.15, -0.1) is 0 Å². The number of benzene rings is 2. The molecular formula is C20H21ClN2O4. The molecule has 27 heavy (non-hydrogen) atoms. The van der Waals surface area contributed by atoms with Crippen LogP contribution in [0.25, 0.3) is 0 Å². The highest BCUT2D eigenvalue weighted by Gasteiger charge is 2.14. The molecule has 0 saturated carbocycles. The number of aryl methyl sites for hydroxylation is 1. The molecule has 0 radical (unpaired) electrons. The Bertz CT molecular complexity index is 863. The largest absolute Gasteiger partial charge is 0.465 e. The molecule has 2 rings (SSSR count). The van der Waals surface area contributed by atoms with Crippen LogP contribution in [-0.2, 0) is 9.53 Å². The van der Waals surface area contributed by atoms with Gasteiger partial charge in [-0.3, -0.25) is 9.59 Å². The third-order valence-corrected chi connectivity index (χ3v) is 4.35. The van der Waals surface area contributed by atoms with E-state index in [-0.39, 0.29) is 24.8 Å². The molecule has 0 aliphatic rings. The molecule has 0 aliphatic heterocycles. The van der Waals surface area contributed by atoms with Gasteiger partial charge in [-0.1, -0.05) is 11.6 Å². The van der Waals surface area contributed by atoms with Crippen LogP contribution in [0.4, 0.5) is 5.69 Å². The molecule has 142 valence electrons. The van der Waals surface area contributed by atoms with E-state index in [1.54, 1.807) is 36.4 Å². The lowest BCUT2D eigenvalue weighted by molar-refractivity contribution is -0.116. The van der Waals surface area contributed by atoms with E-state index in [1.807, 2.05) is 13.8 Å². The van der Waals surface area contributed by atoms with Crippen LogP contribution in [0.3, 0.4) is 0 Å². The number of esters is 1. The summed E-state index contributed by atoms with van der Waals surface area (Å²) in [5, 5.41) is 5.96. The highest BCUT2D eigenvalue weighted by molar-refractivity contribution is 6.30. The van der Waals surface area contributed by atoms with E-state index in [9.17, 15) is 14.4 Å². The average Bonchev–Trinajstić information content (AvgIpc) is 2.64. The van der Waals surface area contributed by atoms with Crippen molar-refractivity contribution in [3.05, 3.63) is 63.7 Å². The first kappa shape index (κ1) is 20.5. The molecule has 0 unspecified atom stereocenters. The fourth-order valence-corrected chi connectivity index (χ4v) is 2.60. The monoisotopic (exact) mass is 388 g/mol. The quantitative estimate of drug-likeness (QED) is 0.742. The van der Waals surface area contributed by atoms with Crippen molar-refractivity contribution in [1.82, 2.24) is 5.32 Å². The van der Waals surface area contributed by atoms with Gasteiger partial charge in [0, 0.05) is 29.2 Å². The first-order valence-corrected chi connectivity index (χ1v) is 8.72. The maximum absolute atomic E-state index is 12.1. The van der Waals surface area contributed by atoms with Crippen LogP contribution < -0.4 is 10.6 Å². The summed E-state index contributed by atoms with van der Waals surface area (Å²) in [4.78, 5) is 36.0. The number of carbonyl (C=O) groups excluding carboxylic acids is 3. The number of carbonyl (C=O) groups is 3. The molecule has 0 heterocycles. The zero-order valence-electron chi connectivity index (χ0n) is 15.4. The second-order valence-electron chi connectivity index (χ2n) is 6.02. The highest BCUT2D eigenvalue weighted by atomic mass is 35.5. The van der Waals surface area contributed by atoms with Crippen LogP contribution in [0.2, 0.25) is 5.02 Å². The molecule has 0 atom stereocenters. The molecule has 0 aromatic heterocycles. The summed E-state index contributed by atoms with van der Waals surface area (Å²) in [6.07, 6.45) is 0.0970. The van der Waals surface area contributed by atoms with E-state index in [0.717, 1.165) is 11.1 Å². The van der Waals surface area contributed by atoms with E-state index < -0.39 is 5.97 Å². The summed E-state index contributed by atoms with van der Waals surface area (Å²) in [6.45, 7) is 3.85. The normalized spacial score (nSPS) is 10.2. The third-order valence-electron chi connectivity index (χ3n) is 4.10. The number of anilines is 1. The summed E-state index contributed by atoms with van der Waals surface area (Å²) in [5.74, 6) is -1.01. The van der Waals surface area contributed by atoms with E-state index in [0.29, 0.717) is 21.8 Å². The molecule has 2 aromatic rings. The molecule has 6 nitrogen and oxygen atoms in total. The molecule has 0 saturated heterocycles. The van der Waals surface area contributed by atoms with Crippen LogP contribution in [0, 0.1) is 13.8 Å². The van der Waals surface area contributed by atoms with Crippen LogP contribution in [0.5, 0.6) is 0 Å². The first-order chi connectivity index (χ1) is 12.8. The second kappa shape index (κ2) is 9.19. The van der Waals surface area contributed by atoms with Gasteiger partial charge in [-0.2, -0.15) is 0 Å². The van der Waals surface area contributed by atoms with Crippen LogP contribution in [0.1, 0.15) is 38.3 Å². The van der Waals surface area contributed by atoms with E-state index in [4.69, 9.17) is 16.3 Å². The van der Waals surface area contributed by atoms with Crippen molar-refractivity contribution < 1.29 is 19.1 Å². The Morgan fingerprint density at radius 2 is 1.74 bits per heavy atom. The number of nitrogens with one attached hydrogen (secondary N) is 2. The minimum atomic E-state index is -0.457. The average molecular weight is 389 g/mol. The Morgan fingerprint density at radius 1 is 1.07 bits per heavy atom. The summed E-state index contributed by atoms with van der Waals surface area (Å²) in [7, 11) is 1.31. The molecule has 7 heteroatoms. The Labute approximate surface area is 162 Å². The molecule has 2 amide bonds. The second-order valence-corrected chi connectivity index (χ2v) is 6.45. The smallest absolute Gasteiger partial charge is 0.338 e. The fourth-order valence-electron chi connectivity index (χ4n) is 2.47. The first-order valence-electron chi connectivity index (χ1n) is 8.35. The van der Waals surface area contributed by atoms with Crippen LogP contribution >= 0.6 is 11.6 Å². The molecule has 0 spiro atoms. The van der Waals surface area contributed by atoms with Crippen molar-refractivity contribution in [2.24, 2.45) is 0 Å². The SMILES string of the molecule is COC(=O)c1cc(NC(=O)CCNC(=O)c2ccc(Cl)cc2)cc(C)c1C. The lowest BCUT2D eigenvalue weighted by atomic mass is 10.0. The molecule has 0 aliphatic carbocycles. The lowest BCUT2D eigenvalue weighted by Gasteiger charge is -2.12. The van der Waals surface area contributed by atoms with Crippen molar-refractivity contribution in [2.45, 2.75) is 20.3 Å². The van der Waals surface area contributed by atoms with Crippen molar-refractivity contribution in [2.75, 3.05) is 19.0 Å². The number of ether oxygens (including phenoxy) is 1. The number of amides is 2. The topological polar surface area (TPSA) is 84.5 Å². The van der Waals surface area contributed by atoms with E-state index >= 15 is 0 Å². The van der Waals surface area contributed by atoms with Crippen molar-refractivity contribution >= 4 is 35.1 Å². The molecule has 2 N–H and O–H groups in total. The predicted octanol–water partition coefficient (Wildman–Crippen LogP) is 3.50. The van der Waals surface area contributed by atoms with Crippen LogP contribution in [-0.4, -0.2) is 31.4 Å².